The molecular weight excluding hydrogens is 1000 g/mol. The predicted molar refractivity (Wildman–Crippen MR) is 271 cm³/mol. The zero-order chi connectivity index (χ0) is 50.3. The van der Waals surface area contributed by atoms with Crippen molar-refractivity contribution in [3.8, 4) is 50.9 Å². The second-order valence-electron chi connectivity index (χ2n) is 20.5. The van der Waals surface area contributed by atoms with Crippen LogP contribution in [0.5, 0.6) is 11.5 Å². The Kier molecular flexibility index (Phi) is 10.4. The third kappa shape index (κ3) is 9.02. The van der Waals surface area contributed by atoms with Gasteiger partial charge in [0.2, 0.25) is 0 Å². The van der Waals surface area contributed by atoms with Crippen molar-refractivity contribution in [2.24, 2.45) is 5.41 Å². The van der Waals surface area contributed by atoms with Crippen LogP contribution in [-0.4, -0.2) is 14.1 Å². The van der Waals surface area contributed by atoms with Gasteiger partial charge in [0.25, 0.3) is 6.33 Å². The van der Waals surface area contributed by atoms with E-state index in [1.807, 2.05) is 88.1 Å². The molecule has 0 saturated heterocycles. The number of hydrogen-bond acceptors (Lipinski definition) is 2. The summed E-state index contributed by atoms with van der Waals surface area (Å²) in [5.41, 5.74) is 10.3. The molecule has 0 aliphatic heterocycles. The van der Waals surface area contributed by atoms with Gasteiger partial charge >= 0.3 is 0 Å². The van der Waals surface area contributed by atoms with Crippen LogP contribution in [0.4, 0.5) is 0 Å². The molecule has 338 valence electrons. The zero-order valence-electron chi connectivity index (χ0n) is 44.4. The Balaban J connectivity index is 0.00000640. The number of aromatic nitrogens is 4. The molecule has 0 atom stereocenters. The van der Waals surface area contributed by atoms with E-state index in [9.17, 15) is 2.74 Å². The first kappa shape index (κ1) is 39.6. The number of hydrogen-bond donors (Lipinski definition) is 0. The second kappa shape index (κ2) is 17.6. The van der Waals surface area contributed by atoms with Crippen LogP contribution < -0.4 is 9.30 Å². The van der Waals surface area contributed by atoms with Crippen LogP contribution >= 0.6 is 0 Å². The first-order valence-electron chi connectivity index (χ1n) is 25.1. The largest absolute Gasteiger partial charge is 0.510 e. The minimum atomic E-state index is -0.444. The van der Waals surface area contributed by atoms with Crippen molar-refractivity contribution in [3.63, 3.8) is 0 Å². The molecule has 5 nitrogen and oxygen atoms in total. The molecule has 10 rings (SSSR count). The number of rotatable bonds is 8. The summed E-state index contributed by atoms with van der Waals surface area (Å²) < 4.78 is 57.0. The van der Waals surface area contributed by atoms with Crippen LogP contribution in [0.25, 0.3) is 72.3 Å². The van der Waals surface area contributed by atoms with Gasteiger partial charge in [0.1, 0.15) is 5.82 Å². The average Bonchev–Trinajstić information content (AvgIpc) is 3.87. The molecule has 3 heterocycles. The number of para-hydroxylation sites is 4. The van der Waals surface area contributed by atoms with E-state index in [0.717, 1.165) is 67.3 Å². The van der Waals surface area contributed by atoms with Crippen LogP contribution in [0.3, 0.4) is 0 Å². The number of pyridine rings is 1. The molecule has 0 aliphatic carbocycles. The minimum absolute atomic E-state index is 0. The van der Waals surface area contributed by atoms with E-state index in [1.54, 1.807) is 0 Å². The van der Waals surface area contributed by atoms with Crippen molar-refractivity contribution in [1.82, 2.24) is 14.1 Å². The van der Waals surface area contributed by atoms with Gasteiger partial charge in [-0.15, -0.1) is 29.7 Å². The van der Waals surface area contributed by atoms with Gasteiger partial charge in [-0.2, -0.15) is 18.2 Å². The fourth-order valence-electron chi connectivity index (χ4n) is 8.88. The van der Waals surface area contributed by atoms with E-state index in [2.05, 4.69) is 140 Å². The van der Waals surface area contributed by atoms with E-state index in [-0.39, 0.29) is 55.0 Å². The molecule has 7 aromatic carbocycles. The number of benzene rings is 7. The topological polar surface area (TPSA) is 35.9 Å². The molecular formula is C61H56N4OPt-2. The number of imidazole rings is 1. The molecule has 0 unspecified atom stereocenters. The summed E-state index contributed by atoms with van der Waals surface area (Å²) in [6, 6.07) is 48.1. The molecule has 0 saturated carbocycles. The standard InChI is InChI=1S/C61H56N4O.Pt/c1-59(2,3)39-41-31-32-62-57(33-41)65-53-26-14-13-23-51(53)52-30-29-48(38-56(52)65)66-47-22-17-21-46(37-47)63-40-64(55-28-16-15-27-54(55)63)58-49(42-19-11-10-12-20-42)24-18-25-50(58)43-34-44(60(4,5)6)36-45(35-43)61(7,8)9;/h10-36H,39H2,1-9H3;/q-2;/i10D,11D,12D,19D,20D;. The Morgan fingerprint density at radius 2 is 1.28 bits per heavy atom. The molecule has 0 N–H and O–H groups in total. The van der Waals surface area contributed by atoms with Crippen LogP contribution in [0.1, 0.15) is 85.9 Å². The van der Waals surface area contributed by atoms with Crippen molar-refractivity contribution >= 4 is 32.8 Å². The van der Waals surface area contributed by atoms with Gasteiger partial charge in [-0.3, -0.25) is 4.57 Å². The summed E-state index contributed by atoms with van der Waals surface area (Å²) >= 11 is 0. The molecule has 0 aliphatic rings. The van der Waals surface area contributed by atoms with Crippen LogP contribution in [0, 0.1) is 23.9 Å². The van der Waals surface area contributed by atoms with Crippen molar-refractivity contribution in [1.29, 1.82) is 0 Å². The van der Waals surface area contributed by atoms with Gasteiger partial charge in [0.15, 0.2) is 0 Å². The molecule has 6 heteroatoms. The van der Waals surface area contributed by atoms with E-state index in [0.29, 0.717) is 28.4 Å². The summed E-state index contributed by atoms with van der Waals surface area (Å²) in [5.74, 6) is 1.80. The van der Waals surface area contributed by atoms with Gasteiger partial charge in [-0.25, -0.2) is 4.98 Å². The molecule has 0 radical (unpaired) electrons. The Morgan fingerprint density at radius 1 is 0.627 bits per heavy atom. The van der Waals surface area contributed by atoms with E-state index in [1.165, 1.54) is 5.56 Å². The van der Waals surface area contributed by atoms with Gasteiger partial charge in [-0.05, 0) is 90.9 Å². The molecule has 0 bridgehead atoms. The summed E-state index contributed by atoms with van der Waals surface area (Å²) in [5, 5.41) is 2.13. The van der Waals surface area contributed by atoms with Crippen molar-refractivity contribution in [2.75, 3.05) is 0 Å². The maximum absolute atomic E-state index is 9.20. The average molecular weight is 1060 g/mol. The fourth-order valence-corrected chi connectivity index (χ4v) is 8.88. The van der Waals surface area contributed by atoms with E-state index in [4.69, 9.17) is 13.8 Å². The second-order valence-corrected chi connectivity index (χ2v) is 20.5. The normalized spacial score (nSPS) is 13.2. The third-order valence-corrected chi connectivity index (χ3v) is 12.1. The summed E-state index contributed by atoms with van der Waals surface area (Å²) in [7, 11) is 0. The summed E-state index contributed by atoms with van der Waals surface area (Å²) in [6.07, 6.45) is 6.45. The number of ether oxygens (including phenoxy) is 1. The van der Waals surface area contributed by atoms with Gasteiger partial charge in [0.05, 0.1) is 23.6 Å². The minimum Gasteiger partial charge on any atom is -0.510 e. The molecule has 0 amide bonds. The molecule has 0 fully saturated rings. The Labute approximate surface area is 417 Å². The predicted octanol–water partition coefficient (Wildman–Crippen LogP) is 15.1. The quantitative estimate of drug-likeness (QED) is 0.112. The van der Waals surface area contributed by atoms with Crippen molar-refractivity contribution in [2.45, 2.75) is 79.6 Å². The monoisotopic (exact) mass is 1060 g/mol. The smallest absolute Gasteiger partial charge is 0.268 e. The van der Waals surface area contributed by atoms with Crippen LogP contribution in [0.2, 0.25) is 0 Å². The molecule has 0 spiro atoms. The first-order chi connectivity index (χ1) is 33.7. The third-order valence-electron chi connectivity index (χ3n) is 12.1. The Hall–Kier alpha value is -6.55. The first-order valence-corrected chi connectivity index (χ1v) is 22.6. The Morgan fingerprint density at radius 3 is 2.00 bits per heavy atom. The van der Waals surface area contributed by atoms with E-state index < -0.39 is 18.1 Å². The summed E-state index contributed by atoms with van der Waals surface area (Å²) in [6.45, 7) is 19.9. The van der Waals surface area contributed by atoms with Crippen LogP contribution in [0.15, 0.2) is 164 Å². The van der Waals surface area contributed by atoms with E-state index >= 15 is 0 Å². The molecule has 3 aromatic heterocycles. The fraction of sp³-hybridized carbons (Fsp3) is 0.213. The maximum atomic E-state index is 9.20. The Bertz CT molecular complexity index is 3680. The zero-order valence-corrected chi connectivity index (χ0v) is 41.7. The van der Waals surface area contributed by atoms with Crippen molar-refractivity contribution in [3.05, 3.63) is 199 Å². The van der Waals surface area contributed by atoms with Gasteiger partial charge in [-0.1, -0.05) is 177 Å². The van der Waals surface area contributed by atoms with Gasteiger partial charge in [0, 0.05) is 44.3 Å². The molecule has 10 aromatic rings. The van der Waals surface area contributed by atoms with Crippen LogP contribution in [-0.2, 0) is 38.3 Å². The number of nitrogens with zero attached hydrogens (tertiary/aromatic N) is 4. The maximum Gasteiger partial charge on any atom is 0.268 e. The SMILES string of the molecule is [2H]c1c([2H])c([2H])c(-c2cccc(-c3cc(C(C)(C)C)cc(C(C)(C)C)c3)c2-[n+]2[c-]n(-c3[c-]c(Oc4[c-]c5c(cc4)c4ccccc4n5-c4cc(CC(C)(C)C)ccn4)ccc3)c3ccccc32)c([2H])c1[2H].[Pt]. The molecule has 67 heavy (non-hydrogen) atoms. The number of fused-ring (bicyclic) bond motifs is 4. The summed E-state index contributed by atoms with van der Waals surface area (Å²) in [4.78, 5) is 4.86. The van der Waals surface area contributed by atoms with Gasteiger partial charge < -0.3 is 13.9 Å². The van der Waals surface area contributed by atoms with Crippen molar-refractivity contribution < 1.29 is 37.2 Å².